The van der Waals surface area contributed by atoms with Crippen LogP contribution < -0.4 is 16.4 Å². The summed E-state index contributed by atoms with van der Waals surface area (Å²) < 4.78 is 88.6. The summed E-state index contributed by atoms with van der Waals surface area (Å²) in [5.74, 6) is -0.00236. The molecule has 4 aromatic heterocycles. The number of piperazine rings is 1. The second kappa shape index (κ2) is 18.6. The minimum Gasteiger partial charge on any atom is -0.444 e. The summed E-state index contributed by atoms with van der Waals surface area (Å²) in [6.07, 6.45) is -2.97. The number of aromatic nitrogens is 6. The largest absolute Gasteiger partial charge is 0.444 e. The number of piperidine rings is 1. The Bertz CT molecular complexity index is 2400. The quantitative estimate of drug-likeness (QED) is 0.112. The van der Waals surface area contributed by atoms with Crippen molar-refractivity contribution in [2.45, 2.75) is 109 Å². The number of carbonyl (C=O) groups excluding carboxylic acids is 2. The average Bonchev–Trinajstić information content (AvgIpc) is 3.99. The van der Waals surface area contributed by atoms with Gasteiger partial charge in [-0.15, -0.1) is 0 Å². The Labute approximate surface area is 385 Å². The number of fused-ring (bicyclic) bond motifs is 4. The third kappa shape index (κ3) is 12.4. The van der Waals surface area contributed by atoms with Gasteiger partial charge in [-0.25, -0.2) is 39.5 Å². The van der Waals surface area contributed by atoms with E-state index in [2.05, 4.69) is 29.9 Å². The van der Waals surface area contributed by atoms with Gasteiger partial charge in [-0.05, 0) is 108 Å². The topological polar surface area (TPSA) is 192 Å². The zero-order chi connectivity index (χ0) is 48.0. The van der Waals surface area contributed by atoms with Crippen molar-refractivity contribution in [3.63, 3.8) is 0 Å². The van der Waals surface area contributed by atoms with Gasteiger partial charge in [0.15, 0.2) is 0 Å². The molecule has 7 heterocycles. The lowest BCUT2D eigenvalue weighted by atomic mass is 10.1. The fourth-order valence-corrected chi connectivity index (χ4v) is 8.47. The van der Waals surface area contributed by atoms with Crippen molar-refractivity contribution in [2.75, 3.05) is 36.0 Å². The molecule has 8 rings (SSSR count). The number of ether oxygens (including phenoxy) is 2. The highest BCUT2D eigenvalue weighted by Crippen LogP contribution is 2.40. The van der Waals surface area contributed by atoms with Gasteiger partial charge in [-0.3, -0.25) is 0 Å². The van der Waals surface area contributed by atoms with Gasteiger partial charge in [0.2, 0.25) is 10.6 Å². The van der Waals surface area contributed by atoms with Crippen molar-refractivity contribution in [3.05, 3.63) is 63.5 Å². The first-order valence-corrected chi connectivity index (χ1v) is 21.3. The van der Waals surface area contributed by atoms with E-state index in [4.69, 9.17) is 55.7 Å². The maximum Gasteiger partial charge on any atom is 0.419 e. The fraction of sp³-hybridized carbons (Fsp3) is 0.512. The molecule has 4 bridgehead atoms. The minimum atomic E-state index is -4.65. The summed E-state index contributed by atoms with van der Waals surface area (Å²) in [4.78, 5) is 52.7. The molecule has 0 unspecified atom stereocenters. The summed E-state index contributed by atoms with van der Waals surface area (Å²) in [7, 11) is 0. The van der Waals surface area contributed by atoms with E-state index in [1.54, 1.807) is 11.0 Å². The minimum absolute atomic E-state index is 0.0124. The molecule has 15 nitrogen and oxygen atoms in total. The number of alkyl halides is 6. The van der Waals surface area contributed by atoms with Crippen molar-refractivity contribution in [1.82, 2.24) is 39.7 Å². The summed E-state index contributed by atoms with van der Waals surface area (Å²) in [5.41, 5.74) is 8.09. The van der Waals surface area contributed by atoms with Crippen LogP contribution >= 0.6 is 34.8 Å². The third-order valence-corrected chi connectivity index (χ3v) is 11.1. The number of hydrogen-bond donors (Lipinski definition) is 2. The fourth-order valence-electron chi connectivity index (χ4n) is 7.88. The standard InChI is InChI=1S/C20H22ClF3N6O2.C11H19NO2.C10H5Cl2F3N4/c1-19(2,3)32-18(31)30-9-11-5-12(30)8-29(11)15-6-14(27-17(21)28-15)10-4-13(20(22,23)24)16(25)26-7-10;1-11(2,3)14-10(13)12-7-8-4-5-9(12)6-8;11-7-2-6(18-9(12)19-7)4-1-5(10(13,14)15)8(16)17-3-4/h4,6-7,11-12H,5,8-9H2,1-3H3,(H2,25,26);8-9H,4-7H2,1-3H3;1-3H,(H2,16,17)/t11-,12-;8-,9+;/m00./s1. The zero-order valence-corrected chi connectivity index (χ0v) is 38.2. The Kier molecular flexibility index (Phi) is 14.1. The first-order valence-electron chi connectivity index (χ1n) is 20.2. The Morgan fingerprint density at radius 1 is 0.631 bits per heavy atom. The molecule has 3 saturated heterocycles. The maximum absolute atomic E-state index is 13.2. The molecule has 24 heteroatoms. The molecule has 4 N–H and O–H groups in total. The number of rotatable bonds is 3. The van der Waals surface area contributed by atoms with E-state index in [1.807, 2.05) is 51.3 Å². The molecule has 2 amide bonds. The van der Waals surface area contributed by atoms with Crippen molar-refractivity contribution >= 4 is 64.4 Å². The molecule has 4 aromatic rings. The van der Waals surface area contributed by atoms with E-state index in [9.17, 15) is 35.9 Å². The van der Waals surface area contributed by atoms with Crippen LogP contribution in [0.5, 0.6) is 0 Å². The van der Waals surface area contributed by atoms with E-state index < -0.39 is 40.7 Å². The van der Waals surface area contributed by atoms with Crippen LogP contribution in [0, 0.1) is 5.92 Å². The second-order valence-electron chi connectivity index (χ2n) is 17.8. The molecule has 3 aliphatic heterocycles. The Balaban J connectivity index is 0.000000179. The Morgan fingerprint density at radius 2 is 1.12 bits per heavy atom. The van der Waals surface area contributed by atoms with Gasteiger partial charge in [-0.1, -0.05) is 11.6 Å². The number of amides is 2. The average molecular weight is 977 g/mol. The van der Waals surface area contributed by atoms with Gasteiger partial charge < -0.3 is 35.6 Å². The SMILES string of the molecule is CC(C)(C)OC(=O)N1C[C@@H]2C[C@H]1CN2c1cc(-c2cnc(N)c(C(F)(F)F)c2)nc(Cl)n1.CC(C)(C)OC(=O)N1C[C@H]2CC[C@@H]1C2.Nc1ncc(-c2cc(Cl)nc(Cl)n2)cc1C(F)(F)F. The molecule has 4 atom stereocenters. The molecule has 65 heavy (non-hydrogen) atoms. The zero-order valence-electron chi connectivity index (χ0n) is 35.9. The van der Waals surface area contributed by atoms with Gasteiger partial charge in [-0.2, -0.15) is 26.3 Å². The van der Waals surface area contributed by atoms with Crippen LogP contribution in [0.25, 0.3) is 22.5 Å². The van der Waals surface area contributed by atoms with Crippen LogP contribution in [0.15, 0.2) is 36.7 Å². The van der Waals surface area contributed by atoms with Gasteiger partial charge in [0.05, 0.1) is 34.6 Å². The van der Waals surface area contributed by atoms with E-state index in [-0.39, 0.29) is 68.1 Å². The number of pyridine rings is 2. The molecular weight excluding hydrogens is 931 g/mol. The molecular formula is C41H46Cl3F6N11O4. The van der Waals surface area contributed by atoms with Crippen molar-refractivity contribution in [2.24, 2.45) is 5.92 Å². The van der Waals surface area contributed by atoms with Crippen molar-refractivity contribution in [3.8, 4) is 22.5 Å². The van der Waals surface area contributed by atoms with Crippen LogP contribution in [0.2, 0.25) is 15.7 Å². The number of carbonyl (C=O) groups is 2. The molecule has 1 aliphatic carbocycles. The molecule has 1 saturated carbocycles. The van der Waals surface area contributed by atoms with Gasteiger partial charge in [0, 0.05) is 61.3 Å². The maximum atomic E-state index is 13.2. The number of nitrogen functional groups attached to an aromatic ring is 2. The first kappa shape index (κ1) is 49.3. The predicted octanol–water partition coefficient (Wildman–Crippen LogP) is 9.84. The summed E-state index contributed by atoms with van der Waals surface area (Å²) in [5, 5.41) is -0.261. The molecule has 4 aliphatic rings. The number of nitrogens with zero attached hydrogens (tertiary/aromatic N) is 9. The lowest BCUT2D eigenvalue weighted by Gasteiger charge is -2.35. The van der Waals surface area contributed by atoms with E-state index >= 15 is 0 Å². The molecule has 352 valence electrons. The monoisotopic (exact) mass is 975 g/mol. The Hall–Kier alpha value is -5.15. The normalized spacial score (nSPS) is 20.3. The summed E-state index contributed by atoms with van der Waals surface area (Å²) >= 11 is 17.3. The Morgan fingerprint density at radius 3 is 1.54 bits per heavy atom. The van der Waals surface area contributed by atoms with E-state index in [0.717, 1.165) is 37.2 Å². The van der Waals surface area contributed by atoms with Crippen molar-refractivity contribution in [1.29, 1.82) is 0 Å². The number of likely N-dealkylation sites (tertiary alicyclic amines) is 2. The van der Waals surface area contributed by atoms with Gasteiger partial charge in [0.1, 0.15) is 33.8 Å². The second-order valence-corrected chi connectivity index (χ2v) is 18.9. The molecule has 4 fully saturated rings. The lowest BCUT2D eigenvalue weighted by Crippen LogP contribution is -2.50. The number of nitrogens with two attached hydrogens (primary N) is 2. The highest BCUT2D eigenvalue weighted by atomic mass is 35.5. The van der Waals surface area contributed by atoms with Crippen LogP contribution in [0.3, 0.4) is 0 Å². The summed E-state index contributed by atoms with van der Waals surface area (Å²) in [6.45, 7) is 13.1. The highest BCUT2D eigenvalue weighted by Gasteiger charge is 2.47. The van der Waals surface area contributed by atoms with Crippen LogP contribution in [-0.2, 0) is 21.8 Å². The van der Waals surface area contributed by atoms with Crippen LogP contribution in [0.1, 0.15) is 78.4 Å². The third-order valence-electron chi connectivity index (χ3n) is 10.6. The van der Waals surface area contributed by atoms with Crippen LogP contribution in [0.4, 0.5) is 53.4 Å². The van der Waals surface area contributed by atoms with Crippen LogP contribution in [-0.4, -0.2) is 101 Å². The van der Waals surface area contributed by atoms with E-state index in [1.165, 1.54) is 31.5 Å². The van der Waals surface area contributed by atoms with Crippen molar-refractivity contribution < 1.29 is 45.4 Å². The first-order chi connectivity index (χ1) is 30.0. The smallest absolute Gasteiger partial charge is 0.419 e. The molecule has 0 aromatic carbocycles. The number of anilines is 3. The lowest BCUT2D eigenvalue weighted by molar-refractivity contribution is -0.137. The number of halogens is 9. The molecule has 0 spiro atoms. The van der Waals surface area contributed by atoms with Gasteiger partial charge >= 0.3 is 24.5 Å². The summed E-state index contributed by atoms with van der Waals surface area (Å²) in [6, 6.07) is 4.97. The molecule has 0 radical (unpaired) electrons. The van der Waals surface area contributed by atoms with Gasteiger partial charge in [0.25, 0.3) is 0 Å². The predicted molar refractivity (Wildman–Crippen MR) is 231 cm³/mol. The van der Waals surface area contributed by atoms with E-state index in [0.29, 0.717) is 24.9 Å². The number of hydrogen-bond acceptors (Lipinski definition) is 13. The highest BCUT2D eigenvalue weighted by molar-refractivity contribution is 6.32.